The Hall–Kier alpha value is -0.980. The van der Waals surface area contributed by atoms with Gasteiger partial charge in [-0.2, -0.15) is 13.2 Å². The van der Waals surface area contributed by atoms with Crippen LogP contribution in [0.1, 0.15) is 32.6 Å². The molecule has 0 aromatic carbocycles. The molecule has 0 aromatic heterocycles. The van der Waals surface area contributed by atoms with Crippen LogP contribution in [0.15, 0.2) is 0 Å². The first-order valence-corrected chi connectivity index (χ1v) is 6.75. The van der Waals surface area contributed by atoms with E-state index in [1.807, 2.05) is 12.2 Å². The summed E-state index contributed by atoms with van der Waals surface area (Å²) < 4.78 is 36.2. The average Bonchev–Trinajstić information content (AvgIpc) is 2.36. The fraction of sp³-hybridized carbons (Fsp3) is 0.917. The minimum Gasteiger partial charge on any atom is -0.329 e. The van der Waals surface area contributed by atoms with Gasteiger partial charge in [-0.25, -0.2) is 4.79 Å². The summed E-state index contributed by atoms with van der Waals surface area (Å²) in [7, 11) is 0. The fourth-order valence-corrected chi connectivity index (χ4v) is 2.18. The summed E-state index contributed by atoms with van der Waals surface area (Å²) in [5.74, 6) is 0. The van der Waals surface area contributed by atoms with Crippen LogP contribution in [0.2, 0.25) is 0 Å². The van der Waals surface area contributed by atoms with E-state index in [0.29, 0.717) is 13.1 Å². The van der Waals surface area contributed by atoms with Gasteiger partial charge in [-0.3, -0.25) is 0 Å². The molecule has 0 spiro atoms. The zero-order valence-electron chi connectivity index (χ0n) is 11.2. The Kier molecular flexibility index (Phi) is 6.41. The predicted octanol–water partition coefficient (Wildman–Crippen LogP) is 2.11. The summed E-state index contributed by atoms with van der Waals surface area (Å²) in [5.41, 5.74) is 0. The zero-order chi connectivity index (χ0) is 14.3. The van der Waals surface area contributed by atoms with Crippen LogP contribution in [0.5, 0.6) is 0 Å². The number of hydrogen-bond acceptors (Lipinski definition) is 2. The lowest BCUT2D eigenvalue weighted by Crippen LogP contribution is -2.50. The summed E-state index contributed by atoms with van der Waals surface area (Å²) in [5, 5.41) is 5.22. The molecule has 1 aliphatic heterocycles. The molecule has 4 nitrogen and oxygen atoms in total. The maximum absolute atomic E-state index is 12.1. The van der Waals surface area contributed by atoms with Gasteiger partial charge in [0.05, 0.1) is 0 Å². The fourth-order valence-electron chi connectivity index (χ4n) is 2.18. The molecular weight excluding hydrogens is 259 g/mol. The van der Waals surface area contributed by atoms with Crippen LogP contribution in [-0.4, -0.2) is 49.3 Å². The lowest BCUT2D eigenvalue weighted by molar-refractivity contribution is -0.123. The summed E-state index contributed by atoms with van der Waals surface area (Å²) >= 11 is 0. The zero-order valence-corrected chi connectivity index (χ0v) is 11.2. The van der Waals surface area contributed by atoms with E-state index in [0.717, 1.165) is 32.2 Å². The first-order valence-electron chi connectivity index (χ1n) is 6.75. The van der Waals surface area contributed by atoms with Crippen molar-refractivity contribution in [2.24, 2.45) is 0 Å². The third kappa shape index (κ3) is 6.66. The van der Waals surface area contributed by atoms with Crippen molar-refractivity contribution in [3.8, 4) is 0 Å². The predicted molar refractivity (Wildman–Crippen MR) is 67.0 cm³/mol. The number of carbonyl (C=O) groups is 1. The number of piperidine rings is 1. The van der Waals surface area contributed by atoms with Crippen molar-refractivity contribution in [2.45, 2.75) is 44.8 Å². The van der Waals surface area contributed by atoms with Crippen molar-refractivity contribution in [3.05, 3.63) is 0 Å². The molecule has 1 heterocycles. The van der Waals surface area contributed by atoms with Gasteiger partial charge in [0.1, 0.15) is 6.54 Å². The van der Waals surface area contributed by atoms with Crippen LogP contribution in [0.25, 0.3) is 0 Å². The van der Waals surface area contributed by atoms with E-state index in [2.05, 4.69) is 5.32 Å². The third-order valence-electron chi connectivity index (χ3n) is 3.07. The Labute approximate surface area is 111 Å². The molecule has 2 N–H and O–H groups in total. The van der Waals surface area contributed by atoms with E-state index in [1.165, 1.54) is 4.90 Å². The van der Waals surface area contributed by atoms with Gasteiger partial charge in [-0.15, -0.1) is 0 Å². The number of amides is 2. The van der Waals surface area contributed by atoms with Crippen LogP contribution >= 0.6 is 0 Å². The molecule has 0 radical (unpaired) electrons. The molecule has 1 aliphatic rings. The van der Waals surface area contributed by atoms with Crippen molar-refractivity contribution in [2.75, 3.05) is 26.2 Å². The number of rotatable bonds is 5. The number of halogens is 3. The Morgan fingerprint density at radius 1 is 1.42 bits per heavy atom. The smallest absolute Gasteiger partial charge is 0.329 e. The standard InChI is InChI=1S/C12H22F3N3O/c1-2-7-18(8-10-5-3-4-6-16-10)11(19)17-9-12(13,14)15/h10,16H,2-9H2,1H3,(H,17,19). The third-order valence-corrected chi connectivity index (χ3v) is 3.07. The van der Waals surface area contributed by atoms with Gasteiger partial charge in [-0.1, -0.05) is 13.3 Å². The van der Waals surface area contributed by atoms with E-state index in [-0.39, 0.29) is 6.04 Å². The molecule has 0 bridgehead atoms. The molecule has 1 rings (SSSR count). The van der Waals surface area contributed by atoms with E-state index in [9.17, 15) is 18.0 Å². The van der Waals surface area contributed by atoms with Crippen LogP contribution in [0.4, 0.5) is 18.0 Å². The lowest BCUT2D eigenvalue weighted by Gasteiger charge is -2.30. The van der Waals surface area contributed by atoms with Gasteiger partial charge in [0.25, 0.3) is 0 Å². The highest BCUT2D eigenvalue weighted by Crippen LogP contribution is 2.13. The van der Waals surface area contributed by atoms with Crippen LogP contribution in [0.3, 0.4) is 0 Å². The van der Waals surface area contributed by atoms with E-state index < -0.39 is 18.8 Å². The number of urea groups is 1. The van der Waals surface area contributed by atoms with Crippen molar-refractivity contribution in [1.29, 1.82) is 0 Å². The second-order valence-corrected chi connectivity index (χ2v) is 4.87. The number of alkyl halides is 3. The topological polar surface area (TPSA) is 44.4 Å². The first kappa shape index (κ1) is 16.1. The SMILES string of the molecule is CCCN(CC1CCCCN1)C(=O)NCC(F)(F)F. The number of nitrogens with one attached hydrogen (secondary N) is 2. The van der Waals surface area contributed by atoms with E-state index >= 15 is 0 Å². The molecule has 112 valence electrons. The Balaban J connectivity index is 2.43. The van der Waals surface area contributed by atoms with Gasteiger partial charge in [-0.05, 0) is 25.8 Å². The Morgan fingerprint density at radius 3 is 2.68 bits per heavy atom. The van der Waals surface area contributed by atoms with Gasteiger partial charge in [0.2, 0.25) is 0 Å². The van der Waals surface area contributed by atoms with Gasteiger partial charge in [0.15, 0.2) is 0 Å². The van der Waals surface area contributed by atoms with Gasteiger partial charge >= 0.3 is 12.2 Å². The minimum absolute atomic E-state index is 0.192. The number of hydrogen-bond donors (Lipinski definition) is 2. The molecule has 2 amide bonds. The van der Waals surface area contributed by atoms with E-state index in [4.69, 9.17) is 0 Å². The summed E-state index contributed by atoms with van der Waals surface area (Å²) in [6.07, 6.45) is -0.456. The van der Waals surface area contributed by atoms with Crippen molar-refractivity contribution in [3.63, 3.8) is 0 Å². The maximum Gasteiger partial charge on any atom is 0.405 e. The molecule has 19 heavy (non-hydrogen) atoms. The lowest BCUT2D eigenvalue weighted by atomic mass is 10.0. The Bertz CT molecular complexity index is 278. The largest absolute Gasteiger partial charge is 0.405 e. The highest BCUT2D eigenvalue weighted by atomic mass is 19.4. The molecule has 0 aromatic rings. The second kappa shape index (κ2) is 7.57. The highest BCUT2D eigenvalue weighted by Gasteiger charge is 2.29. The molecule has 1 unspecified atom stereocenters. The maximum atomic E-state index is 12.1. The number of nitrogens with zero attached hydrogens (tertiary/aromatic N) is 1. The molecule has 0 saturated carbocycles. The first-order chi connectivity index (χ1) is 8.92. The van der Waals surface area contributed by atoms with Crippen LogP contribution in [0, 0.1) is 0 Å². The average molecular weight is 281 g/mol. The normalized spacial score (nSPS) is 20.1. The van der Waals surface area contributed by atoms with Crippen LogP contribution < -0.4 is 10.6 Å². The summed E-state index contributed by atoms with van der Waals surface area (Å²) in [6, 6.07) is -0.441. The second-order valence-electron chi connectivity index (χ2n) is 4.87. The van der Waals surface area contributed by atoms with Gasteiger partial charge in [0, 0.05) is 19.1 Å². The Morgan fingerprint density at radius 2 is 2.16 bits per heavy atom. The highest BCUT2D eigenvalue weighted by molar-refractivity contribution is 5.74. The molecule has 7 heteroatoms. The monoisotopic (exact) mass is 281 g/mol. The van der Waals surface area contributed by atoms with Crippen LogP contribution in [-0.2, 0) is 0 Å². The minimum atomic E-state index is -4.36. The molecule has 1 fully saturated rings. The van der Waals surface area contributed by atoms with Crippen molar-refractivity contribution < 1.29 is 18.0 Å². The van der Waals surface area contributed by atoms with Gasteiger partial charge < -0.3 is 15.5 Å². The van der Waals surface area contributed by atoms with Crippen molar-refractivity contribution in [1.82, 2.24) is 15.5 Å². The quantitative estimate of drug-likeness (QED) is 0.810. The molecular formula is C12H22F3N3O. The van der Waals surface area contributed by atoms with Crippen molar-refractivity contribution >= 4 is 6.03 Å². The molecule has 1 atom stereocenters. The van der Waals surface area contributed by atoms with E-state index in [1.54, 1.807) is 0 Å². The molecule has 1 saturated heterocycles. The number of carbonyl (C=O) groups excluding carboxylic acids is 1. The molecule has 0 aliphatic carbocycles. The summed E-state index contributed by atoms with van der Waals surface area (Å²) in [4.78, 5) is 13.2. The summed E-state index contributed by atoms with van der Waals surface area (Å²) in [6.45, 7) is 2.48.